The van der Waals surface area contributed by atoms with Gasteiger partial charge in [-0.15, -0.1) is 11.3 Å². The van der Waals surface area contributed by atoms with E-state index in [1.807, 2.05) is 66.7 Å². The van der Waals surface area contributed by atoms with Gasteiger partial charge in [0.2, 0.25) is 0 Å². The predicted octanol–water partition coefficient (Wildman–Crippen LogP) is 12.8. The van der Waals surface area contributed by atoms with Crippen molar-refractivity contribution < 1.29 is 2.74 Å². The molecule has 0 N–H and O–H groups in total. The summed E-state index contributed by atoms with van der Waals surface area (Å²) in [6.45, 7) is 0. The predicted molar refractivity (Wildman–Crippen MR) is 215 cm³/mol. The molecule has 8 aromatic carbocycles. The SMILES string of the molecule is [2H]c1ccc2ccc3c(c2c1)-c1c(c2sc4ccccc4c2c2ccc([2H])cc12)N(c1nc(-c2ccccc2)c2ccccc2n1)N3c1ccccc1. The molecule has 51 heavy (non-hydrogen) atoms. The molecule has 0 amide bonds. The third-order valence-corrected chi connectivity index (χ3v) is 11.2. The Morgan fingerprint density at radius 1 is 0.510 bits per heavy atom. The summed E-state index contributed by atoms with van der Waals surface area (Å²) >= 11 is 1.77. The van der Waals surface area contributed by atoms with E-state index < -0.39 is 0 Å². The molecule has 0 unspecified atom stereocenters. The van der Waals surface area contributed by atoms with Crippen LogP contribution in [0.15, 0.2) is 170 Å². The third kappa shape index (κ3) is 4.13. The monoisotopic (exact) mass is 670 g/mol. The molecular formula is C46H28N4S. The molecule has 2 aromatic heterocycles. The minimum absolute atomic E-state index is 0.437. The van der Waals surface area contributed by atoms with Gasteiger partial charge in [0.05, 0.1) is 35.7 Å². The lowest BCUT2D eigenvalue weighted by molar-refractivity contribution is 0.933. The molecule has 0 radical (unpaired) electrons. The summed E-state index contributed by atoms with van der Waals surface area (Å²) in [7, 11) is 0. The summed E-state index contributed by atoms with van der Waals surface area (Å²) in [5, 5.41) is 11.8. The van der Waals surface area contributed by atoms with Gasteiger partial charge in [-0.3, -0.25) is 0 Å². The van der Waals surface area contributed by atoms with Crippen LogP contribution in [0.2, 0.25) is 0 Å². The first-order valence-electron chi connectivity index (χ1n) is 18.0. The Morgan fingerprint density at radius 3 is 2.08 bits per heavy atom. The molecule has 0 saturated carbocycles. The fourth-order valence-corrected chi connectivity index (χ4v) is 9.11. The molecular weight excluding hydrogens is 641 g/mol. The molecule has 0 atom stereocenters. The molecule has 4 nitrogen and oxygen atoms in total. The van der Waals surface area contributed by atoms with Crippen molar-refractivity contribution in [1.82, 2.24) is 9.97 Å². The smallest absolute Gasteiger partial charge is 0.246 e. The van der Waals surface area contributed by atoms with Crippen molar-refractivity contribution in [3.05, 3.63) is 170 Å². The van der Waals surface area contributed by atoms with Crippen molar-refractivity contribution in [2.24, 2.45) is 0 Å². The summed E-state index contributed by atoms with van der Waals surface area (Å²) < 4.78 is 20.0. The van der Waals surface area contributed by atoms with E-state index in [1.165, 1.54) is 10.1 Å². The Bertz CT molecular complexity index is 3110. The number of fused-ring (bicyclic) bond motifs is 13. The van der Waals surface area contributed by atoms with Crippen LogP contribution in [0.3, 0.4) is 0 Å². The van der Waals surface area contributed by atoms with Crippen LogP contribution in [0.25, 0.3) is 75.0 Å². The van der Waals surface area contributed by atoms with E-state index in [4.69, 9.17) is 12.7 Å². The van der Waals surface area contributed by atoms with Crippen LogP contribution in [-0.4, -0.2) is 9.97 Å². The van der Waals surface area contributed by atoms with Crippen LogP contribution in [0.5, 0.6) is 0 Å². The topological polar surface area (TPSA) is 32.3 Å². The molecule has 0 saturated heterocycles. The van der Waals surface area contributed by atoms with Gasteiger partial charge < -0.3 is 0 Å². The normalized spacial score (nSPS) is 13.2. The van der Waals surface area contributed by atoms with Crippen molar-refractivity contribution in [2.45, 2.75) is 0 Å². The number of thiophene rings is 1. The number of hydrogen-bond donors (Lipinski definition) is 0. The number of hydrogen-bond acceptors (Lipinski definition) is 5. The number of benzene rings is 8. The zero-order valence-corrected chi connectivity index (χ0v) is 28.0. The van der Waals surface area contributed by atoms with E-state index in [-0.39, 0.29) is 0 Å². The number of hydrazine groups is 1. The van der Waals surface area contributed by atoms with Crippen molar-refractivity contribution in [2.75, 3.05) is 10.0 Å². The number of anilines is 4. The molecule has 5 heteroatoms. The molecule has 11 rings (SSSR count). The summed E-state index contributed by atoms with van der Waals surface area (Å²) in [5.41, 5.74) is 7.57. The van der Waals surface area contributed by atoms with E-state index in [1.54, 1.807) is 11.3 Å². The van der Waals surface area contributed by atoms with Crippen LogP contribution in [0.1, 0.15) is 2.74 Å². The fourth-order valence-electron chi connectivity index (χ4n) is 7.86. The van der Waals surface area contributed by atoms with E-state index >= 15 is 0 Å². The first-order valence-corrected chi connectivity index (χ1v) is 17.8. The van der Waals surface area contributed by atoms with Crippen molar-refractivity contribution in [3.8, 4) is 22.4 Å². The molecule has 0 aliphatic carbocycles. The van der Waals surface area contributed by atoms with Crippen LogP contribution in [0, 0.1) is 0 Å². The summed E-state index contributed by atoms with van der Waals surface area (Å²) in [4.78, 5) is 10.9. The lowest BCUT2D eigenvalue weighted by Gasteiger charge is -2.43. The summed E-state index contributed by atoms with van der Waals surface area (Å²) in [5.74, 6) is 0.535. The van der Waals surface area contributed by atoms with Gasteiger partial charge in [0, 0.05) is 37.5 Å². The van der Waals surface area contributed by atoms with Gasteiger partial charge in [-0.05, 0) is 51.9 Å². The average molecular weight is 671 g/mol. The molecule has 3 heterocycles. The van der Waals surface area contributed by atoms with E-state index in [0.29, 0.717) is 18.0 Å². The van der Waals surface area contributed by atoms with E-state index in [9.17, 15) is 0 Å². The van der Waals surface area contributed by atoms with Gasteiger partial charge in [0.15, 0.2) is 0 Å². The molecule has 0 spiro atoms. The van der Waals surface area contributed by atoms with Crippen LogP contribution in [0.4, 0.5) is 23.0 Å². The maximum absolute atomic E-state index is 8.94. The van der Waals surface area contributed by atoms with Crippen LogP contribution < -0.4 is 10.0 Å². The number of para-hydroxylation sites is 2. The second kappa shape index (κ2) is 11.0. The van der Waals surface area contributed by atoms with Crippen LogP contribution in [-0.2, 0) is 0 Å². The Balaban J connectivity index is 1.39. The summed E-state index contributed by atoms with van der Waals surface area (Å²) in [6.07, 6.45) is 0. The highest BCUT2D eigenvalue weighted by Gasteiger charge is 2.38. The molecule has 0 bridgehead atoms. The Labute approximate surface area is 300 Å². The highest BCUT2D eigenvalue weighted by molar-refractivity contribution is 7.26. The number of nitrogens with zero attached hydrogens (tertiary/aromatic N) is 4. The van der Waals surface area contributed by atoms with Crippen molar-refractivity contribution >= 4 is 87.0 Å². The molecule has 1 aliphatic rings. The van der Waals surface area contributed by atoms with Gasteiger partial charge in [0.1, 0.15) is 0 Å². The van der Waals surface area contributed by atoms with Gasteiger partial charge in [-0.2, -0.15) is 0 Å². The van der Waals surface area contributed by atoms with E-state index in [2.05, 4.69) is 101 Å². The average Bonchev–Trinajstić information content (AvgIpc) is 3.60. The fraction of sp³-hybridized carbons (Fsp3) is 0. The Kier molecular flexibility index (Phi) is 5.66. The summed E-state index contributed by atoms with van der Waals surface area (Å²) in [6, 6.07) is 54.6. The van der Waals surface area contributed by atoms with Crippen LogP contribution >= 0.6 is 11.3 Å². The quantitative estimate of drug-likeness (QED) is 0.187. The lowest BCUT2D eigenvalue weighted by atomic mass is 9.87. The maximum Gasteiger partial charge on any atom is 0.251 e. The highest BCUT2D eigenvalue weighted by atomic mass is 32.1. The van der Waals surface area contributed by atoms with Gasteiger partial charge >= 0.3 is 0 Å². The van der Waals surface area contributed by atoms with Crippen molar-refractivity contribution in [1.29, 1.82) is 0 Å². The second-order valence-electron chi connectivity index (χ2n) is 12.8. The molecule has 238 valence electrons. The third-order valence-electron chi connectivity index (χ3n) is 10.0. The van der Waals surface area contributed by atoms with Gasteiger partial charge in [-0.1, -0.05) is 139 Å². The van der Waals surface area contributed by atoms with Crippen molar-refractivity contribution in [3.63, 3.8) is 0 Å². The van der Waals surface area contributed by atoms with Gasteiger partial charge in [-0.25, -0.2) is 20.0 Å². The molecule has 10 aromatic rings. The maximum atomic E-state index is 8.94. The second-order valence-corrected chi connectivity index (χ2v) is 13.9. The number of rotatable bonds is 3. The Morgan fingerprint density at radius 2 is 1.22 bits per heavy atom. The standard InChI is InChI=1S/C46H28N4S/c1-3-16-30(17-4-1)43-35-23-11-13-25-37(35)47-46(48-43)50-44-42(34-22-10-9-21-33(34)40-36-24-12-14-26-39(36)51-45(40)44)41-32-20-8-7-15-29(32)27-28-38(41)49(50)31-18-5-2-6-19-31/h1-28H/i8D,10D. The number of aromatic nitrogens is 2. The lowest BCUT2D eigenvalue weighted by Crippen LogP contribution is -2.40. The largest absolute Gasteiger partial charge is 0.251 e. The molecule has 1 aliphatic heterocycles. The zero-order chi connectivity index (χ0) is 35.2. The van der Waals surface area contributed by atoms with Gasteiger partial charge in [0.25, 0.3) is 5.95 Å². The zero-order valence-electron chi connectivity index (χ0n) is 29.2. The minimum atomic E-state index is 0.437. The first kappa shape index (κ1) is 26.3. The molecule has 0 fully saturated rings. The first-order chi connectivity index (χ1) is 26.1. The minimum Gasteiger partial charge on any atom is -0.246 e. The Hall–Kier alpha value is -6.56. The highest BCUT2D eigenvalue weighted by Crippen LogP contribution is 2.58. The van der Waals surface area contributed by atoms with E-state index in [0.717, 1.165) is 82.0 Å².